The molecule has 0 aromatic heterocycles. The molecule has 2 amide bonds. The van der Waals surface area contributed by atoms with Crippen molar-refractivity contribution in [3.63, 3.8) is 0 Å². The zero-order chi connectivity index (χ0) is 32.2. The number of phenolic OH excluding ortho intramolecular Hbond substituents is 1. The molecule has 0 fully saturated rings. The molecule has 0 spiro atoms. The van der Waals surface area contributed by atoms with Crippen LogP contribution in [0.4, 0.5) is 0 Å². The predicted molar refractivity (Wildman–Crippen MR) is 160 cm³/mol. The van der Waals surface area contributed by atoms with Crippen LogP contribution in [0.25, 0.3) is 11.1 Å². The first-order valence-corrected chi connectivity index (χ1v) is 14.2. The number of allylic oxidation sites excluding steroid dienone is 1. The van der Waals surface area contributed by atoms with Gasteiger partial charge in [0.2, 0.25) is 5.78 Å². The Balaban J connectivity index is 1.56. The average molecular weight is 605 g/mol. The first-order valence-electron chi connectivity index (χ1n) is 14.2. The van der Waals surface area contributed by atoms with Crippen LogP contribution in [0.5, 0.6) is 5.75 Å². The molecule has 4 atom stereocenters. The van der Waals surface area contributed by atoms with Crippen LogP contribution in [0.1, 0.15) is 32.7 Å². The quantitative estimate of drug-likeness (QED) is 0.249. The number of carbonyl (C=O) groups is 4. The summed E-state index contributed by atoms with van der Waals surface area (Å²) in [6, 6.07) is 8.78. The van der Waals surface area contributed by atoms with E-state index in [1.54, 1.807) is 44.4 Å². The van der Waals surface area contributed by atoms with Gasteiger partial charge in [0.1, 0.15) is 22.8 Å². The van der Waals surface area contributed by atoms with Crippen LogP contribution in [-0.4, -0.2) is 107 Å². The monoisotopic (exact) mass is 604 g/mol. The minimum absolute atomic E-state index is 0.00703. The minimum atomic E-state index is -2.69. The Labute approximate surface area is 254 Å². The maximum absolute atomic E-state index is 14.0. The van der Waals surface area contributed by atoms with Gasteiger partial charge in [-0.3, -0.25) is 24.1 Å². The Morgan fingerprint density at radius 3 is 2.27 bits per heavy atom. The van der Waals surface area contributed by atoms with Crippen LogP contribution in [0, 0.1) is 11.8 Å². The first-order chi connectivity index (χ1) is 20.7. The van der Waals surface area contributed by atoms with E-state index in [0.29, 0.717) is 35.3 Å². The lowest BCUT2D eigenvalue weighted by atomic mass is 9.58. The van der Waals surface area contributed by atoms with Crippen molar-refractivity contribution < 1.29 is 39.6 Å². The summed E-state index contributed by atoms with van der Waals surface area (Å²) < 4.78 is 0. The number of hydrogen-bond donors (Lipinski definition) is 6. The Hall–Kier alpha value is -4.52. The molecular formula is C32H36N4O8. The van der Waals surface area contributed by atoms with Crippen molar-refractivity contribution in [2.24, 2.45) is 17.6 Å². The number of primary amides is 1. The lowest BCUT2D eigenvalue weighted by Crippen LogP contribution is -2.63. The average Bonchev–Trinajstić information content (AvgIpc) is 2.94. The molecule has 12 nitrogen and oxygen atoms in total. The molecule has 2 aromatic carbocycles. The number of fused-ring (bicyclic) bond motifs is 3. The van der Waals surface area contributed by atoms with E-state index >= 15 is 0 Å². The predicted octanol–water partition coefficient (Wildman–Crippen LogP) is 1.08. The van der Waals surface area contributed by atoms with Crippen molar-refractivity contribution in [1.82, 2.24) is 15.1 Å². The molecule has 2 aromatic rings. The number of phenols is 1. The zero-order valence-electron chi connectivity index (χ0n) is 24.9. The highest BCUT2D eigenvalue weighted by atomic mass is 16.3. The maximum atomic E-state index is 14.0. The van der Waals surface area contributed by atoms with E-state index in [1.165, 1.54) is 11.0 Å². The fourth-order valence-electron chi connectivity index (χ4n) is 6.82. The summed E-state index contributed by atoms with van der Waals surface area (Å²) in [7, 11) is 6.98. The number of likely N-dealkylation sites (N-methyl/N-ethyl adjacent to an activating group) is 2. The largest absolute Gasteiger partial charge is 0.510 e. The SMILES string of the molecule is CN(C)CCNC(=O)c1ccc(-c2ccc(O)c3c2C[C@@H]2C[C@@H]4[C@H](N(C)C)C(O)=C(C(N)=O)C(=O)[C@@]4(O)C(O)=C2C3=O)cc1. The molecular weight excluding hydrogens is 568 g/mol. The lowest BCUT2D eigenvalue weighted by molar-refractivity contribution is -0.148. The van der Waals surface area contributed by atoms with Crippen molar-refractivity contribution in [3.8, 4) is 16.9 Å². The van der Waals surface area contributed by atoms with E-state index in [2.05, 4.69) is 5.32 Å². The number of carbonyl (C=O) groups excluding carboxylic acids is 4. The van der Waals surface area contributed by atoms with Crippen molar-refractivity contribution >= 4 is 23.4 Å². The smallest absolute Gasteiger partial charge is 0.255 e. The van der Waals surface area contributed by atoms with Crippen LogP contribution in [-0.2, 0) is 16.0 Å². The number of benzene rings is 2. The van der Waals surface area contributed by atoms with Gasteiger partial charge in [-0.25, -0.2) is 0 Å². The maximum Gasteiger partial charge on any atom is 0.255 e. The molecule has 5 rings (SSSR count). The van der Waals surface area contributed by atoms with E-state index in [-0.39, 0.29) is 35.6 Å². The van der Waals surface area contributed by atoms with E-state index in [0.717, 1.165) is 0 Å². The zero-order valence-corrected chi connectivity index (χ0v) is 24.9. The van der Waals surface area contributed by atoms with Gasteiger partial charge in [-0.1, -0.05) is 18.2 Å². The van der Waals surface area contributed by atoms with Gasteiger partial charge in [0.05, 0.1) is 11.6 Å². The molecule has 0 heterocycles. The fourth-order valence-corrected chi connectivity index (χ4v) is 6.82. The number of aromatic hydroxyl groups is 1. The highest BCUT2D eigenvalue weighted by molar-refractivity contribution is 6.25. The van der Waals surface area contributed by atoms with Crippen molar-refractivity contribution in [2.75, 3.05) is 41.3 Å². The molecule has 0 saturated heterocycles. The number of ketones is 2. The number of nitrogens with one attached hydrogen (secondary N) is 1. The van der Waals surface area contributed by atoms with Crippen LogP contribution >= 0.6 is 0 Å². The second-order valence-electron chi connectivity index (χ2n) is 12.1. The number of rotatable bonds is 7. The van der Waals surface area contributed by atoms with E-state index in [4.69, 9.17) is 5.73 Å². The summed E-state index contributed by atoms with van der Waals surface area (Å²) in [6.07, 6.45) is 0.151. The topological polar surface area (TPSA) is 194 Å². The summed E-state index contributed by atoms with van der Waals surface area (Å²) >= 11 is 0. The van der Waals surface area contributed by atoms with Gasteiger partial charge in [-0.05, 0) is 81.8 Å². The molecule has 3 aliphatic rings. The third kappa shape index (κ3) is 4.75. The van der Waals surface area contributed by atoms with Gasteiger partial charge < -0.3 is 36.4 Å². The number of aliphatic hydroxyl groups is 3. The second kappa shape index (κ2) is 11.2. The summed E-state index contributed by atoms with van der Waals surface area (Å²) in [5.41, 5.74) is 3.83. The molecule has 12 heteroatoms. The molecule has 0 unspecified atom stereocenters. The summed E-state index contributed by atoms with van der Waals surface area (Å²) in [5.74, 6) is -7.21. The number of hydrogen-bond acceptors (Lipinski definition) is 10. The van der Waals surface area contributed by atoms with Gasteiger partial charge >= 0.3 is 0 Å². The highest BCUT2D eigenvalue weighted by Gasteiger charge is 2.63. The molecule has 232 valence electrons. The summed E-state index contributed by atoms with van der Waals surface area (Å²) in [6.45, 7) is 1.17. The molecule has 7 N–H and O–H groups in total. The van der Waals surface area contributed by atoms with Crippen LogP contribution in [0.3, 0.4) is 0 Å². The fraction of sp³-hybridized carbons (Fsp3) is 0.375. The summed E-state index contributed by atoms with van der Waals surface area (Å²) in [5, 5.41) is 47.8. The Morgan fingerprint density at radius 2 is 1.68 bits per heavy atom. The van der Waals surface area contributed by atoms with Gasteiger partial charge in [-0.15, -0.1) is 0 Å². The summed E-state index contributed by atoms with van der Waals surface area (Å²) in [4.78, 5) is 55.6. The lowest BCUT2D eigenvalue weighted by Gasteiger charge is -2.50. The third-order valence-electron chi connectivity index (χ3n) is 8.91. The number of Topliss-reactive ketones (excluding diaryl/α,β-unsaturated/α-hetero) is 2. The Morgan fingerprint density at radius 1 is 1.02 bits per heavy atom. The van der Waals surface area contributed by atoms with Crippen LogP contribution in [0.15, 0.2) is 59.1 Å². The normalized spacial score (nSPS) is 24.8. The van der Waals surface area contributed by atoms with E-state index in [1.807, 2.05) is 19.0 Å². The number of nitrogens with two attached hydrogens (primary N) is 1. The van der Waals surface area contributed by atoms with Gasteiger partial charge in [-0.2, -0.15) is 0 Å². The van der Waals surface area contributed by atoms with Crippen molar-refractivity contribution in [2.45, 2.75) is 24.5 Å². The van der Waals surface area contributed by atoms with Crippen molar-refractivity contribution in [1.29, 1.82) is 0 Å². The minimum Gasteiger partial charge on any atom is -0.510 e. The number of aliphatic hydroxyl groups excluding tert-OH is 2. The van der Waals surface area contributed by atoms with Gasteiger partial charge in [0.15, 0.2) is 11.4 Å². The van der Waals surface area contributed by atoms with E-state index < -0.39 is 58.0 Å². The molecule has 3 aliphatic carbocycles. The third-order valence-corrected chi connectivity index (χ3v) is 8.91. The van der Waals surface area contributed by atoms with Gasteiger partial charge in [0.25, 0.3) is 11.8 Å². The molecule has 44 heavy (non-hydrogen) atoms. The van der Waals surface area contributed by atoms with Gasteiger partial charge in [0, 0.05) is 30.1 Å². The molecule has 0 aliphatic heterocycles. The second-order valence-corrected chi connectivity index (χ2v) is 12.1. The highest BCUT2D eigenvalue weighted by Crippen LogP contribution is 2.53. The number of nitrogens with zero attached hydrogens (tertiary/aromatic N) is 2. The van der Waals surface area contributed by atoms with Crippen molar-refractivity contribution in [3.05, 3.63) is 75.8 Å². The molecule has 0 saturated carbocycles. The Bertz CT molecular complexity index is 1640. The van der Waals surface area contributed by atoms with Crippen LogP contribution < -0.4 is 11.1 Å². The Kier molecular flexibility index (Phi) is 7.87. The molecule has 0 radical (unpaired) electrons. The first kappa shape index (κ1) is 30.9. The number of amides is 2. The van der Waals surface area contributed by atoms with E-state index in [9.17, 15) is 39.6 Å². The van der Waals surface area contributed by atoms with Crippen LogP contribution in [0.2, 0.25) is 0 Å². The molecule has 0 bridgehead atoms. The standard InChI is InChI=1S/C32H36N4O8/c1-35(2)12-11-34-31(43)16-7-5-15(6-8-16)18-9-10-21(37)23-19(18)13-17-14-20-25(36(3)4)27(39)24(30(33)42)29(41)32(20,44)28(40)22(17)26(23)38/h5-10,17,20,25,37,39-40,44H,11-14H2,1-4H3,(H2,33,42)(H,34,43)/t17-,20-,25+,32+/m1/s1.